The monoisotopic (exact) mass is 322 g/mol. The van der Waals surface area contributed by atoms with Gasteiger partial charge in [-0.1, -0.05) is 21.9 Å². The lowest BCUT2D eigenvalue weighted by molar-refractivity contribution is -0.392. The Hall–Kier alpha value is -2.81. The third kappa shape index (κ3) is 2.66. The number of hydrogen-bond acceptors (Lipinski definition) is 5. The molecular weight excluding hydrogens is 315 g/mol. The van der Waals surface area contributed by atoms with Crippen molar-refractivity contribution in [2.75, 3.05) is 0 Å². The molecule has 0 aliphatic heterocycles. The first-order valence-corrected chi connectivity index (χ1v) is 6.45. The third-order valence-corrected chi connectivity index (χ3v) is 3.19. The van der Waals surface area contributed by atoms with Gasteiger partial charge in [0.25, 0.3) is 0 Å². The zero-order valence-corrected chi connectivity index (χ0v) is 11.7. The Morgan fingerprint density at radius 1 is 1.36 bits per heavy atom. The molecule has 112 valence electrons. The number of nitrogens with zero attached hydrogens (tertiary/aromatic N) is 6. The van der Waals surface area contributed by atoms with Crippen molar-refractivity contribution in [3.05, 3.63) is 63.3 Å². The topological polar surface area (TPSA) is 91.7 Å². The Labute approximate surface area is 127 Å². The smallest absolute Gasteiger partial charge is 0.345 e. The van der Waals surface area contributed by atoms with Crippen LogP contribution in [-0.2, 0) is 6.54 Å². The predicted octanol–water partition coefficient (Wildman–Crippen LogP) is 2.21. The number of halogens is 2. The highest BCUT2D eigenvalue weighted by Gasteiger charge is 2.16. The van der Waals surface area contributed by atoms with Crippen molar-refractivity contribution in [1.29, 1.82) is 0 Å². The molecule has 0 bridgehead atoms. The van der Waals surface area contributed by atoms with Crippen LogP contribution in [0.1, 0.15) is 5.69 Å². The fourth-order valence-electron chi connectivity index (χ4n) is 1.88. The van der Waals surface area contributed by atoms with Crippen LogP contribution in [0.25, 0.3) is 5.69 Å². The Morgan fingerprint density at radius 2 is 2.18 bits per heavy atom. The molecule has 22 heavy (non-hydrogen) atoms. The fraction of sp³-hybridized carbons (Fsp3) is 0.0833. The molecule has 0 fully saturated rings. The van der Waals surface area contributed by atoms with Gasteiger partial charge in [-0.05, 0) is 23.1 Å². The maximum atomic E-state index is 13.1. The highest BCUT2D eigenvalue weighted by atomic mass is 35.5. The SMILES string of the molecule is O=[N+]([O-])c1ccnn1Cc1cn(-c2ccc(F)c(Cl)c2)nn1. The van der Waals surface area contributed by atoms with Crippen LogP contribution in [0.3, 0.4) is 0 Å². The summed E-state index contributed by atoms with van der Waals surface area (Å²) in [6, 6.07) is 5.42. The summed E-state index contributed by atoms with van der Waals surface area (Å²) in [5.41, 5.74) is 0.993. The van der Waals surface area contributed by atoms with Gasteiger partial charge in [0.15, 0.2) is 6.54 Å². The first kappa shape index (κ1) is 14.1. The average Bonchev–Trinajstić information content (AvgIpc) is 3.11. The van der Waals surface area contributed by atoms with Crippen molar-refractivity contribution >= 4 is 17.4 Å². The van der Waals surface area contributed by atoms with Gasteiger partial charge in [0.2, 0.25) is 0 Å². The molecule has 10 heteroatoms. The minimum Gasteiger partial charge on any atom is -0.358 e. The normalized spacial score (nSPS) is 10.8. The second-order valence-electron chi connectivity index (χ2n) is 4.36. The van der Waals surface area contributed by atoms with E-state index in [0.717, 1.165) is 0 Å². The van der Waals surface area contributed by atoms with Crippen molar-refractivity contribution < 1.29 is 9.31 Å². The molecule has 0 aliphatic rings. The molecular formula is C12H8ClFN6O2. The molecule has 0 N–H and O–H groups in total. The quantitative estimate of drug-likeness (QED) is 0.542. The average molecular weight is 323 g/mol. The minimum atomic E-state index is -0.531. The zero-order chi connectivity index (χ0) is 15.7. The lowest BCUT2D eigenvalue weighted by atomic mass is 10.3. The second-order valence-corrected chi connectivity index (χ2v) is 4.76. The van der Waals surface area contributed by atoms with Crippen molar-refractivity contribution in [3.63, 3.8) is 0 Å². The number of aromatic nitrogens is 5. The van der Waals surface area contributed by atoms with Gasteiger partial charge in [-0.25, -0.2) is 9.07 Å². The lowest BCUT2D eigenvalue weighted by Gasteiger charge is -2.00. The van der Waals surface area contributed by atoms with Crippen molar-refractivity contribution in [2.24, 2.45) is 0 Å². The van der Waals surface area contributed by atoms with Gasteiger partial charge in [0.05, 0.1) is 29.2 Å². The number of hydrogen-bond donors (Lipinski definition) is 0. The summed E-state index contributed by atoms with van der Waals surface area (Å²) in [6.45, 7) is 0.0955. The first-order chi connectivity index (χ1) is 10.5. The van der Waals surface area contributed by atoms with Gasteiger partial charge >= 0.3 is 5.82 Å². The Balaban J connectivity index is 1.86. The van der Waals surface area contributed by atoms with E-state index >= 15 is 0 Å². The van der Waals surface area contributed by atoms with E-state index in [1.807, 2.05) is 0 Å². The maximum absolute atomic E-state index is 13.1. The van der Waals surface area contributed by atoms with E-state index in [1.165, 1.54) is 39.8 Å². The van der Waals surface area contributed by atoms with Gasteiger partial charge in [-0.3, -0.25) is 0 Å². The molecule has 2 heterocycles. The standard InChI is InChI=1S/C12H8ClFN6O2/c13-10-5-9(1-2-11(10)14)18-6-8(16-17-18)7-19-12(20(21)22)3-4-15-19/h1-6H,7H2. The van der Waals surface area contributed by atoms with Gasteiger partial charge < -0.3 is 10.1 Å². The third-order valence-electron chi connectivity index (χ3n) is 2.90. The van der Waals surface area contributed by atoms with Crippen molar-refractivity contribution in [1.82, 2.24) is 24.8 Å². The maximum Gasteiger partial charge on any atom is 0.345 e. The van der Waals surface area contributed by atoms with Crippen LogP contribution in [0, 0.1) is 15.9 Å². The molecule has 0 saturated heterocycles. The minimum absolute atomic E-state index is 0.0303. The van der Waals surface area contributed by atoms with Crippen LogP contribution in [0.5, 0.6) is 0 Å². The second kappa shape index (κ2) is 5.53. The van der Waals surface area contributed by atoms with Gasteiger partial charge in [-0.15, -0.1) is 9.78 Å². The summed E-state index contributed by atoms with van der Waals surface area (Å²) in [6.07, 6.45) is 2.90. The lowest BCUT2D eigenvalue weighted by Crippen LogP contribution is -2.06. The fourth-order valence-corrected chi connectivity index (χ4v) is 2.06. The molecule has 1 aromatic carbocycles. The summed E-state index contributed by atoms with van der Waals surface area (Å²) in [5.74, 6) is -0.669. The Morgan fingerprint density at radius 3 is 2.91 bits per heavy atom. The molecule has 0 saturated carbocycles. The van der Waals surface area contributed by atoms with Gasteiger partial charge in [0.1, 0.15) is 11.5 Å². The van der Waals surface area contributed by atoms with Crippen LogP contribution in [0.2, 0.25) is 5.02 Å². The molecule has 0 amide bonds. The van der Waals surface area contributed by atoms with Gasteiger partial charge in [-0.2, -0.15) is 0 Å². The Kier molecular flexibility index (Phi) is 3.55. The summed E-state index contributed by atoms with van der Waals surface area (Å²) in [4.78, 5) is 10.3. The van der Waals surface area contributed by atoms with Crippen LogP contribution < -0.4 is 0 Å². The van der Waals surface area contributed by atoms with E-state index in [-0.39, 0.29) is 17.4 Å². The molecule has 0 spiro atoms. The van der Waals surface area contributed by atoms with Gasteiger partial charge in [0, 0.05) is 0 Å². The number of benzene rings is 1. The summed E-state index contributed by atoms with van der Waals surface area (Å²) in [5, 5.41) is 22.5. The van der Waals surface area contributed by atoms with E-state index in [1.54, 1.807) is 6.20 Å². The molecule has 0 aliphatic carbocycles. The van der Waals surface area contributed by atoms with Crippen molar-refractivity contribution in [2.45, 2.75) is 6.54 Å². The van der Waals surface area contributed by atoms with E-state index < -0.39 is 10.7 Å². The summed E-state index contributed by atoms with van der Waals surface area (Å²) < 4.78 is 15.7. The number of rotatable bonds is 4. The van der Waals surface area contributed by atoms with Crippen LogP contribution in [0.4, 0.5) is 10.2 Å². The van der Waals surface area contributed by atoms with E-state index in [4.69, 9.17) is 11.6 Å². The molecule has 0 radical (unpaired) electrons. The largest absolute Gasteiger partial charge is 0.358 e. The highest BCUT2D eigenvalue weighted by molar-refractivity contribution is 6.30. The zero-order valence-electron chi connectivity index (χ0n) is 10.9. The van der Waals surface area contributed by atoms with E-state index in [2.05, 4.69) is 15.4 Å². The molecule has 0 unspecified atom stereocenters. The number of nitro groups is 1. The van der Waals surface area contributed by atoms with Crippen molar-refractivity contribution in [3.8, 4) is 5.69 Å². The predicted molar refractivity (Wildman–Crippen MR) is 74.3 cm³/mol. The molecule has 3 aromatic rings. The molecule has 0 atom stereocenters. The van der Waals surface area contributed by atoms with Crippen LogP contribution in [-0.4, -0.2) is 29.7 Å². The van der Waals surface area contributed by atoms with Crippen LogP contribution >= 0.6 is 11.6 Å². The van der Waals surface area contributed by atoms with E-state index in [0.29, 0.717) is 11.4 Å². The first-order valence-electron chi connectivity index (χ1n) is 6.07. The highest BCUT2D eigenvalue weighted by Crippen LogP contribution is 2.18. The van der Waals surface area contributed by atoms with E-state index in [9.17, 15) is 14.5 Å². The summed E-state index contributed by atoms with van der Waals surface area (Å²) in [7, 11) is 0. The molecule has 8 nitrogen and oxygen atoms in total. The molecule has 3 rings (SSSR count). The van der Waals surface area contributed by atoms with Crippen LogP contribution in [0.15, 0.2) is 36.7 Å². The molecule has 2 aromatic heterocycles. The summed E-state index contributed by atoms with van der Waals surface area (Å²) >= 11 is 5.72. The Bertz CT molecular complexity index is 846.